The van der Waals surface area contributed by atoms with Gasteiger partial charge >= 0.3 is 0 Å². The van der Waals surface area contributed by atoms with Crippen molar-refractivity contribution in [3.05, 3.63) is 114 Å². The van der Waals surface area contributed by atoms with Gasteiger partial charge in [-0.25, -0.2) is 0 Å². The fraction of sp³-hybridized carbons (Fsp3) is 0.0667. The average molecular weight is 398 g/mol. The summed E-state index contributed by atoms with van der Waals surface area (Å²) in [4.78, 5) is 0. The Labute approximate surface area is 182 Å². The number of rotatable bonds is 2. The molecule has 148 valence electrons. The molecule has 5 aromatic carbocycles. The third-order valence-corrected chi connectivity index (χ3v) is 6.23. The Balaban J connectivity index is 1.85. The molecule has 0 unspecified atom stereocenters. The Morgan fingerprint density at radius 2 is 1.13 bits per heavy atom. The molecule has 0 saturated heterocycles. The average Bonchev–Trinajstić information content (AvgIpc) is 3.13. The predicted molar refractivity (Wildman–Crippen MR) is 133 cm³/mol. The second-order valence-electron chi connectivity index (χ2n) is 8.43. The van der Waals surface area contributed by atoms with Gasteiger partial charge in [0.2, 0.25) is 0 Å². The molecule has 0 aliphatic heterocycles. The number of hydrogen-bond acceptors (Lipinski definition) is 0. The van der Waals surface area contributed by atoms with Gasteiger partial charge in [0.15, 0.2) is 0 Å². The lowest BCUT2D eigenvalue weighted by molar-refractivity contribution is 1.18. The lowest BCUT2D eigenvalue weighted by Crippen LogP contribution is -1.94. The highest BCUT2D eigenvalue weighted by Crippen LogP contribution is 2.41. The minimum absolute atomic E-state index is 1.19. The summed E-state index contributed by atoms with van der Waals surface area (Å²) in [7, 11) is 0. The fourth-order valence-corrected chi connectivity index (χ4v) is 5.05. The van der Waals surface area contributed by atoms with Crippen molar-refractivity contribution in [3.63, 3.8) is 0 Å². The Morgan fingerprint density at radius 3 is 1.87 bits per heavy atom. The summed E-state index contributed by atoms with van der Waals surface area (Å²) >= 11 is 0. The van der Waals surface area contributed by atoms with Gasteiger partial charge in [-0.2, -0.15) is 0 Å². The lowest BCUT2D eigenvalue weighted by atomic mass is 9.93. The molecule has 0 aliphatic carbocycles. The molecule has 6 aromatic rings. The first kappa shape index (κ1) is 18.0. The largest absolute Gasteiger partial charge is 0.309 e. The molecule has 0 aliphatic rings. The first-order chi connectivity index (χ1) is 15.2. The van der Waals surface area contributed by atoms with E-state index in [0.29, 0.717) is 0 Å². The van der Waals surface area contributed by atoms with Crippen LogP contribution in [0.25, 0.3) is 49.4 Å². The third kappa shape index (κ3) is 2.78. The summed E-state index contributed by atoms with van der Waals surface area (Å²) in [6.07, 6.45) is 0. The molecule has 0 bridgehead atoms. The van der Waals surface area contributed by atoms with Gasteiger partial charge < -0.3 is 4.57 Å². The molecular weight excluding hydrogens is 374 g/mol. The molecule has 0 atom stereocenters. The van der Waals surface area contributed by atoms with Gasteiger partial charge in [0.25, 0.3) is 0 Å². The van der Waals surface area contributed by atoms with Crippen LogP contribution in [0.1, 0.15) is 11.1 Å². The second-order valence-corrected chi connectivity index (χ2v) is 8.43. The number of fused-ring (bicyclic) bond motifs is 5. The van der Waals surface area contributed by atoms with Crippen LogP contribution in [0.5, 0.6) is 0 Å². The van der Waals surface area contributed by atoms with Gasteiger partial charge in [-0.05, 0) is 60.0 Å². The molecule has 0 N–H and O–H groups in total. The molecule has 6 rings (SSSR count). The maximum Gasteiger partial charge on any atom is 0.0553 e. The van der Waals surface area contributed by atoms with Gasteiger partial charge in [-0.1, -0.05) is 90.0 Å². The minimum Gasteiger partial charge on any atom is -0.309 e. The van der Waals surface area contributed by atoms with Crippen LogP contribution in [0.4, 0.5) is 0 Å². The van der Waals surface area contributed by atoms with Crippen molar-refractivity contribution in [2.45, 2.75) is 13.8 Å². The van der Waals surface area contributed by atoms with E-state index in [-0.39, 0.29) is 0 Å². The second kappa shape index (κ2) is 6.85. The van der Waals surface area contributed by atoms with Gasteiger partial charge in [0.05, 0.1) is 11.0 Å². The smallest absolute Gasteiger partial charge is 0.0553 e. The zero-order valence-corrected chi connectivity index (χ0v) is 17.8. The van der Waals surface area contributed by atoms with Crippen LogP contribution in [-0.4, -0.2) is 4.57 Å². The summed E-state index contributed by atoms with van der Waals surface area (Å²) < 4.78 is 2.41. The van der Waals surface area contributed by atoms with E-state index in [1.54, 1.807) is 0 Å². The highest BCUT2D eigenvalue weighted by molar-refractivity contribution is 6.24. The standard InChI is InChI=1S/C30H23N/c1-20-16-21(2)18-22(17-20)27-19-29-30(25-13-7-6-12-24(25)27)26-14-8-9-15-28(26)31(29)23-10-4-3-5-11-23/h3-19H,1-2H3. The van der Waals surface area contributed by atoms with Crippen LogP contribution in [0, 0.1) is 13.8 Å². The van der Waals surface area contributed by atoms with Crippen molar-refractivity contribution in [1.29, 1.82) is 0 Å². The van der Waals surface area contributed by atoms with Crippen molar-refractivity contribution in [2.75, 3.05) is 0 Å². The minimum atomic E-state index is 1.19. The Kier molecular flexibility index (Phi) is 3.97. The summed E-state index contributed by atoms with van der Waals surface area (Å²) in [5, 5.41) is 5.23. The number of para-hydroxylation sites is 2. The van der Waals surface area contributed by atoms with E-state index < -0.39 is 0 Å². The predicted octanol–water partition coefficient (Wildman–Crippen LogP) is 8.22. The van der Waals surface area contributed by atoms with Crippen LogP contribution in [0.15, 0.2) is 103 Å². The SMILES string of the molecule is Cc1cc(C)cc(-c2cc3c(c4ccccc24)c2ccccc2n3-c2ccccc2)c1. The molecular formula is C30H23N. The van der Waals surface area contributed by atoms with E-state index in [1.807, 2.05) is 0 Å². The van der Waals surface area contributed by atoms with Crippen molar-refractivity contribution in [3.8, 4) is 16.8 Å². The van der Waals surface area contributed by atoms with Crippen LogP contribution >= 0.6 is 0 Å². The molecule has 1 heterocycles. The topological polar surface area (TPSA) is 4.93 Å². The molecule has 1 heteroatoms. The molecule has 31 heavy (non-hydrogen) atoms. The van der Waals surface area contributed by atoms with Gasteiger partial charge in [-0.3, -0.25) is 0 Å². The van der Waals surface area contributed by atoms with Gasteiger partial charge in [-0.15, -0.1) is 0 Å². The monoisotopic (exact) mass is 397 g/mol. The van der Waals surface area contributed by atoms with Crippen LogP contribution in [0.3, 0.4) is 0 Å². The Hall–Kier alpha value is -3.84. The maximum atomic E-state index is 2.41. The number of nitrogens with zero attached hydrogens (tertiary/aromatic N) is 1. The van der Waals surface area contributed by atoms with Crippen molar-refractivity contribution in [1.82, 2.24) is 4.57 Å². The third-order valence-electron chi connectivity index (χ3n) is 6.23. The fourth-order valence-electron chi connectivity index (χ4n) is 5.05. The van der Waals surface area contributed by atoms with Crippen LogP contribution < -0.4 is 0 Å². The van der Waals surface area contributed by atoms with Crippen molar-refractivity contribution >= 4 is 32.6 Å². The quantitative estimate of drug-likeness (QED) is 0.277. The van der Waals surface area contributed by atoms with E-state index in [4.69, 9.17) is 0 Å². The number of hydrogen-bond donors (Lipinski definition) is 0. The van der Waals surface area contributed by atoms with Crippen molar-refractivity contribution < 1.29 is 0 Å². The molecule has 0 fully saturated rings. The molecule has 1 nitrogen and oxygen atoms in total. The van der Waals surface area contributed by atoms with E-state index >= 15 is 0 Å². The number of benzene rings is 5. The van der Waals surface area contributed by atoms with Crippen LogP contribution in [0.2, 0.25) is 0 Å². The summed E-state index contributed by atoms with van der Waals surface area (Å²) in [5.74, 6) is 0. The first-order valence-corrected chi connectivity index (χ1v) is 10.8. The highest BCUT2D eigenvalue weighted by Gasteiger charge is 2.17. The lowest BCUT2D eigenvalue weighted by Gasteiger charge is -2.13. The van der Waals surface area contributed by atoms with Crippen molar-refractivity contribution in [2.24, 2.45) is 0 Å². The zero-order valence-electron chi connectivity index (χ0n) is 17.8. The summed E-state index contributed by atoms with van der Waals surface area (Å²) in [6, 6.07) is 37.5. The molecule has 0 amide bonds. The summed E-state index contributed by atoms with van der Waals surface area (Å²) in [6.45, 7) is 4.36. The maximum absolute atomic E-state index is 2.41. The normalized spacial score (nSPS) is 11.5. The molecule has 0 saturated carbocycles. The van der Waals surface area contributed by atoms with E-state index in [2.05, 4.69) is 122 Å². The molecule has 0 radical (unpaired) electrons. The Morgan fingerprint density at radius 1 is 0.516 bits per heavy atom. The zero-order chi connectivity index (χ0) is 20.9. The summed E-state index contributed by atoms with van der Waals surface area (Å²) in [5.41, 5.74) is 8.84. The van der Waals surface area contributed by atoms with Gasteiger partial charge in [0, 0.05) is 16.5 Å². The molecule has 0 spiro atoms. The number of aryl methyl sites for hydroxylation is 2. The number of aromatic nitrogens is 1. The van der Waals surface area contributed by atoms with E-state index in [9.17, 15) is 0 Å². The van der Waals surface area contributed by atoms with Crippen LogP contribution in [-0.2, 0) is 0 Å². The van der Waals surface area contributed by atoms with E-state index in [0.717, 1.165) is 0 Å². The Bertz CT molecular complexity index is 1570. The highest BCUT2D eigenvalue weighted by atomic mass is 15.0. The van der Waals surface area contributed by atoms with Gasteiger partial charge in [0.1, 0.15) is 0 Å². The molecule has 1 aromatic heterocycles. The van der Waals surface area contributed by atoms with E-state index in [1.165, 1.54) is 60.5 Å². The first-order valence-electron chi connectivity index (χ1n) is 10.8.